The van der Waals surface area contributed by atoms with Gasteiger partial charge in [0.25, 0.3) is 0 Å². The van der Waals surface area contributed by atoms with Crippen LogP contribution in [0.15, 0.2) is 23.6 Å². The number of benzene rings is 1. The fourth-order valence-corrected chi connectivity index (χ4v) is 2.84. The van der Waals surface area contributed by atoms with Gasteiger partial charge >= 0.3 is 0 Å². The van der Waals surface area contributed by atoms with E-state index in [4.69, 9.17) is 0 Å². The minimum Gasteiger partial charge on any atom is -0.310 e. The molecule has 1 heterocycles. The van der Waals surface area contributed by atoms with Crippen LogP contribution in [0.4, 0.5) is 0 Å². The third-order valence-electron chi connectivity index (χ3n) is 3.49. The van der Waals surface area contributed by atoms with E-state index in [1.54, 1.807) is 11.3 Å². The van der Waals surface area contributed by atoms with Crippen molar-refractivity contribution in [1.82, 2.24) is 10.3 Å². The van der Waals surface area contributed by atoms with Crippen LogP contribution in [0.3, 0.4) is 0 Å². The van der Waals surface area contributed by atoms with Crippen LogP contribution >= 0.6 is 11.3 Å². The van der Waals surface area contributed by atoms with Crippen LogP contribution in [-0.2, 0) is 6.42 Å². The summed E-state index contributed by atoms with van der Waals surface area (Å²) in [6, 6.07) is 7.08. The first-order valence-electron chi connectivity index (χ1n) is 6.78. The summed E-state index contributed by atoms with van der Waals surface area (Å²) in [5, 5.41) is 6.90. The van der Waals surface area contributed by atoms with E-state index in [0.717, 1.165) is 18.7 Å². The van der Waals surface area contributed by atoms with Crippen molar-refractivity contribution >= 4 is 11.3 Å². The Morgan fingerprint density at radius 1 is 1.21 bits per heavy atom. The second-order valence-electron chi connectivity index (χ2n) is 5.15. The van der Waals surface area contributed by atoms with Gasteiger partial charge in [0, 0.05) is 30.1 Å². The zero-order valence-electron chi connectivity index (χ0n) is 12.2. The van der Waals surface area contributed by atoms with Crippen molar-refractivity contribution in [2.24, 2.45) is 0 Å². The molecule has 0 fully saturated rings. The maximum absolute atomic E-state index is 4.48. The van der Waals surface area contributed by atoms with Crippen LogP contribution in [0.5, 0.6) is 0 Å². The second-order valence-corrected chi connectivity index (χ2v) is 6.09. The summed E-state index contributed by atoms with van der Waals surface area (Å²) in [5.41, 5.74) is 5.21. The third-order valence-corrected chi connectivity index (χ3v) is 4.51. The van der Waals surface area contributed by atoms with Crippen LogP contribution in [0, 0.1) is 20.8 Å². The summed E-state index contributed by atoms with van der Waals surface area (Å²) in [6.45, 7) is 9.56. The van der Waals surface area contributed by atoms with Crippen molar-refractivity contribution in [2.75, 3.05) is 6.54 Å². The average molecular weight is 274 g/mol. The Morgan fingerprint density at radius 3 is 2.63 bits per heavy atom. The van der Waals surface area contributed by atoms with E-state index in [9.17, 15) is 0 Å². The lowest BCUT2D eigenvalue weighted by Gasteiger charge is -2.15. The highest BCUT2D eigenvalue weighted by atomic mass is 32.1. The molecule has 2 nitrogen and oxygen atoms in total. The molecule has 0 bridgehead atoms. The van der Waals surface area contributed by atoms with Crippen molar-refractivity contribution in [3.63, 3.8) is 0 Å². The highest BCUT2D eigenvalue weighted by Gasteiger charge is 2.06. The minimum atomic E-state index is 0.389. The molecule has 2 aromatic rings. The van der Waals surface area contributed by atoms with Gasteiger partial charge in [-0.25, -0.2) is 4.98 Å². The predicted octanol–water partition coefficient (Wildman–Crippen LogP) is 3.96. The number of aromatic nitrogens is 1. The summed E-state index contributed by atoms with van der Waals surface area (Å²) in [5.74, 6) is 0. The number of nitrogens with one attached hydrogen (secondary N) is 1. The van der Waals surface area contributed by atoms with Gasteiger partial charge in [0.15, 0.2) is 0 Å². The molecular formula is C16H22N2S. The zero-order chi connectivity index (χ0) is 13.8. The van der Waals surface area contributed by atoms with Crippen molar-refractivity contribution < 1.29 is 0 Å². The van der Waals surface area contributed by atoms with Gasteiger partial charge in [-0.1, -0.05) is 18.2 Å². The summed E-state index contributed by atoms with van der Waals surface area (Å²) >= 11 is 1.75. The molecule has 1 N–H and O–H groups in total. The van der Waals surface area contributed by atoms with Crippen LogP contribution < -0.4 is 5.32 Å². The first-order valence-corrected chi connectivity index (χ1v) is 7.66. The fourth-order valence-electron chi connectivity index (χ4n) is 2.06. The zero-order valence-corrected chi connectivity index (χ0v) is 13.0. The Kier molecular flexibility index (Phi) is 4.72. The Labute approximate surface area is 119 Å². The van der Waals surface area contributed by atoms with Gasteiger partial charge in [0.05, 0.1) is 5.01 Å². The normalized spacial score (nSPS) is 12.6. The molecule has 1 atom stereocenters. The average Bonchev–Trinajstić information content (AvgIpc) is 2.78. The molecule has 0 saturated carbocycles. The highest BCUT2D eigenvalue weighted by molar-refractivity contribution is 7.09. The van der Waals surface area contributed by atoms with Gasteiger partial charge in [-0.3, -0.25) is 0 Å². The molecule has 0 aliphatic rings. The summed E-state index contributed by atoms with van der Waals surface area (Å²) < 4.78 is 0. The van der Waals surface area contributed by atoms with Crippen LogP contribution in [0.1, 0.15) is 40.4 Å². The molecule has 0 aliphatic heterocycles. The van der Waals surface area contributed by atoms with Gasteiger partial charge in [0.1, 0.15) is 0 Å². The topological polar surface area (TPSA) is 24.9 Å². The number of hydrogen-bond donors (Lipinski definition) is 1. The molecule has 0 spiro atoms. The molecule has 1 aromatic heterocycles. The lowest BCUT2D eigenvalue weighted by molar-refractivity contribution is 0.575. The Morgan fingerprint density at radius 2 is 2.00 bits per heavy atom. The van der Waals surface area contributed by atoms with Gasteiger partial charge in [-0.05, 0) is 44.4 Å². The van der Waals surface area contributed by atoms with Crippen molar-refractivity contribution in [3.05, 3.63) is 51.0 Å². The van der Waals surface area contributed by atoms with E-state index >= 15 is 0 Å². The molecule has 102 valence electrons. The van der Waals surface area contributed by atoms with Crippen molar-refractivity contribution in [2.45, 2.75) is 40.2 Å². The quantitative estimate of drug-likeness (QED) is 0.892. The highest BCUT2D eigenvalue weighted by Crippen LogP contribution is 2.17. The molecular weight excluding hydrogens is 252 g/mol. The lowest BCUT2D eigenvalue weighted by atomic mass is 10.0. The molecule has 3 heteroatoms. The van der Waals surface area contributed by atoms with Gasteiger partial charge in [-0.2, -0.15) is 0 Å². The number of rotatable bonds is 5. The number of aryl methyl sites for hydroxylation is 3. The molecule has 0 aliphatic carbocycles. The van der Waals surface area contributed by atoms with Crippen LogP contribution in [0.2, 0.25) is 0 Å². The Hall–Kier alpha value is -1.19. The monoisotopic (exact) mass is 274 g/mol. The molecule has 19 heavy (non-hydrogen) atoms. The molecule has 1 aromatic carbocycles. The third kappa shape index (κ3) is 3.88. The van der Waals surface area contributed by atoms with Crippen LogP contribution in [-0.4, -0.2) is 11.5 Å². The van der Waals surface area contributed by atoms with Gasteiger partial charge in [-0.15, -0.1) is 11.3 Å². The van der Waals surface area contributed by atoms with E-state index in [1.165, 1.54) is 21.7 Å². The van der Waals surface area contributed by atoms with Crippen LogP contribution in [0.25, 0.3) is 0 Å². The summed E-state index contributed by atoms with van der Waals surface area (Å²) in [4.78, 5) is 4.48. The molecule has 2 rings (SSSR count). The van der Waals surface area contributed by atoms with E-state index in [1.807, 2.05) is 6.92 Å². The minimum absolute atomic E-state index is 0.389. The maximum atomic E-state index is 4.48. The molecule has 0 saturated heterocycles. The van der Waals surface area contributed by atoms with Crippen molar-refractivity contribution in [3.8, 4) is 0 Å². The Balaban J connectivity index is 1.86. The number of nitrogens with zero attached hydrogens (tertiary/aromatic N) is 1. The SMILES string of the molecule is Cc1csc(CCNC(C)c2ccc(C)c(C)c2)n1. The maximum Gasteiger partial charge on any atom is 0.0940 e. The van der Waals surface area contributed by atoms with E-state index in [2.05, 4.69) is 54.7 Å². The number of hydrogen-bond acceptors (Lipinski definition) is 3. The first-order chi connectivity index (χ1) is 9.06. The Bertz CT molecular complexity index is 545. The summed E-state index contributed by atoms with van der Waals surface area (Å²) in [7, 11) is 0. The standard InChI is InChI=1S/C16H22N2S/c1-11-5-6-15(9-12(11)2)14(4)17-8-7-16-18-13(3)10-19-16/h5-6,9-10,14,17H,7-8H2,1-4H3. The molecule has 0 amide bonds. The van der Waals surface area contributed by atoms with Gasteiger partial charge in [0.2, 0.25) is 0 Å². The predicted molar refractivity (Wildman–Crippen MR) is 82.9 cm³/mol. The largest absolute Gasteiger partial charge is 0.310 e. The smallest absolute Gasteiger partial charge is 0.0940 e. The van der Waals surface area contributed by atoms with Crippen molar-refractivity contribution in [1.29, 1.82) is 0 Å². The van der Waals surface area contributed by atoms with E-state index in [0.29, 0.717) is 6.04 Å². The van der Waals surface area contributed by atoms with E-state index in [-0.39, 0.29) is 0 Å². The van der Waals surface area contributed by atoms with E-state index < -0.39 is 0 Å². The lowest BCUT2D eigenvalue weighted by Crippen LogP contribution is -2.21. The fraction of sp³-hybridized carbons (Fsp3) is 0.438. The number of thiazole rings is 1. The molecule has 1 unspecified atom stereocenters. The molecule has 0 radical (unpaired) electrons. The van der Waals surface area contributed by atoms with Gasteiger partial charge < -0.3 is 5.32 Å². The second kappa shape index (κ2) is 6.31. The summed E-state index contributed by atoms with van der Waals surface area (Å²) in [6.07, 6.45) is 1.01. The first kappa shape index (κ1) is 14.2.